The molecule has 256 valence electrons. The predicted octanol–water partition coefficient (Wildman–Crippen LogP) is 1.99. The van der Waals surface area contributed by atoms with Gasteiger partial charge in [0.1, 0.15) is 18.1 Å². The molecule has 0 aromatic heterocycles. The quantitative estimate of drug-likeness (QED) is 0.109. The maximum absolute atomic E-state index is 13.3. The Labute approximate surface area is 272 Å². The van der Waals surface area contributed by atoms with Gasteiger partial charge in [0.15, 0.2) is 0 Å². The molecule has 1 aliphatic rings. The molecule has 0 saturated heterocycles. The van der Waals surface area contributed by atoms with E-state index in [2.05, 4.69) is 21.3 Å². The van der Waals surface area contributed by atoms with Crippen LogP contribution < -0.4 is 27.0 Å². The Bertz CT molecular complexity index is 1410. The third-order valence-electron chi connectivity index (χ3n) is 8.51. The number of hydrogen-bond acceptors (Lipinski definition) is 7. The minimum absolute atomic E-state index is 0.00574. The molecule has 14 nitrogen and oxygen atoms in total. The normalized spacial score (nSPS) is 17.9. The molecule has 3 rings (SSSR count). The van der Waals surface area contributed by atoms with Crippen LogP contribution in [0.15, 0.2) is 42.5 Å². The molecular weight excluding hydrogens is 610 g/mol. The molecule has 0 heterocycles. The van der Waals surface area contributed by atoms with Crippen LogP contribution in [0.3, 0.4) is 0 Å². The molecule has 2 aromatic carbocycles. The van der Waals surface area contributed by atoms with Crippen molar-refractivity contribution in [2.24, 2.45) is 17.6 Å². The molecule has 3 atom stereocenters. The molecule has 1 aliphatic carbocycles. The molecule has 9 N–H and O–H groups in total. The van der Waals surface area contributed by atoms with Gasteiger partial charge in [-0.05, 0) is 80.2 Å². The molecule has 47 heavy (non-hydrogen) atoms. The smallest absolute Gasteiger partial charge is 0.326 e. The molecule has 1 saturated carbocycles. The van der Waals surface area contributed by atoms with Gasteiger partial charge in [-0.3, -0.25) is 14.4 Å². The lowest BCUT2D eigenvalue weighted by atomic mass is 9.81. The highest BCUT2D eigenvalue weighted by Crippen LogP contribution is 2.28. The number of nitrogens with two attached hydrogens (primary N) is 1. The Balaban J connectivity index is 1.54. The van der Waals surface area contributed by atoms with Crippen molar-refractivity contribution in [3.05, 3.63) is 48.0 Å². The molecule has 0 aliphatic heterocycles. The van der Waals surface area contributed by atoms with Gasteiger partial charge in [0.25, 0.3) is 0 Å². The number of carbonyl (C=O) groups is 6. The maximum atomic E-state index is 13.3. The number of carboxylic acid groups (broad SMARTS) is 3. The topological polar surface area (TPSA) is 237 Å². The molecule has 0 radical (unpaired) electrons. The van der Waals surface area contributed by atoms with Crippen molar-refractivity contribution in [3.8, 4) is 0 Å². The zero-order valence-electron chi connectivity index (χ0n) is 26.3. The number of amides is 4. The zero-order valence-corrected chi connectivity index (χ0v) is 26.3. The van der Waals surface area contributed by atoms with E-state index >= 15 is 0 Å². The Hall–Kier alpha value is -4.72. The minimum Gasteiger partial charge on any atom is -0.481 e. The maximum Gasteiger partial charge on any atom is 0.326 e. The van der Waals surface area contributed by atoms with Crippen LogP contribution in [-0.2, 0) is 30.4 Å². The van der Waals surface area contributed by atoms with E-state index in [0.717, 1.165) is 29.2 Å². The highest BCUT2D eigenvalue weighted by atomic mass is 16.4. The molecular formula is C33H45N5O9. The summed E-state index contributed by atoms with van der Waals surface area (Å²) in [5.74, 6) is -4.32. The van der Waals surface area contributed by atoms with Crippen molar-refractivity contribution in [3.63, 3.8) is 0 Å². The molecule has 1 fully saturated rings. The Morgan fingerprint density at radius 3 is 2.02 bits per heavy atom. The first-order valence-electron chi connectivity index (χ1n) is 16.0. The van der Waals surface area contributed by atoms with Gasteiger partial charge < -0.3 is 42.3 Å². The van der Waals surface area contributed by atoms with E-state index in [4.69, 9.17) is 10.8 Å². The number of benzene rings is 2. The van der Waals surface area contributed by atoms with E-state index in [9.17, 15) is 39.0 Å². The van der Waals surface area contributed by atoms with Gasteiger partial charge in [-0.25, -0.2) is 14.4 Å². The van der Waals surface area contributed by atoms with Crippen molar-refractivity contribution in [1.82, 2.24) is 21.3 Å². The minimum atomic E-state index is -1.50. The Kier molecular flexibility index (Phi) is 14.4. The Morgan fingerprint density at radius 1 is 0.766 bits per heavy atom. The fraction of sp³-hybridized carbons (Fsp3) is 0.515. The van der Waals surface area contributed by atoms with Crippen molar-refractivity contribution in [1.29, 1.82) is 0 Å². The van der Waals surface area contributed by atoms with Gasteiger partial charge in [-0.1, -0.05) is 42.5 Å². The highest BCUT2D eigenvalue weighted by Gasteiger charge is 2.29. The predicted molar refractivity (Wildman–Crippen MR) is 172 cm³/mol. The van der Waals surface area contributed by atoms with Crippen LogP contribution in [0.2, 0.25) is 0 Å². The number of carbonyl (C=O) groups excluding carboxylic acids is 3. The number of aliphatic carboxylic acids is 3. The second kappa shape index (κ2) is 18.4. The SMILES string of the molecule is NCC1CCC(C(=O)N[C@@H](Cc2ccc3ccccc3c2)C(=O)NCCCC[C@H](NC(=O)N[C@H](CCC(=O)O)C(=O)O)C(=O)O)CC1. The fourth-order valence-corrected chi connectivity index (χ4v) is 5.71. The van der Waals surface area contributed by atoms with Crippen LogP contribution in [0.5, 0.6) is 0 Å². The second-order valence-corrected chi connectivity index (χ2v) is 12.0. The van der Waals surface area contributed by atoms with Gasteiger partial charge in [0.05, 0.1) is 0 Å². The fourth-order valence-electron chi connectivity index (χ4n) is 5.71. The first-order valence-corrected chi connectivity index (χ1v) is 16.0. The van der Waals surface area contributed by atoms with Crippen LogP contribution in [0, 0.1) is 11.8 Å². The summed E-state index contributed by atoms with van der Waals surface area (Å²) >= 11 is 0. The van der Waals surface area contributed by atoms with Gasteiger partial charge >= 0.3 is 23.9 Å². The summed E-state index contributed by atoms with van der Waals surface area (Å²) in [5.41, 5.74) is 6.68. The van der Waals surface area contributed by atoms with Crippen LogP contribution in [0.4, 0.5) is 4.79 Å². The lowest BCUT2D eigenvalue weighted by Crippen LogP contribution is -2.51. The summed E-state index contributed by atoms with van der Waals surface area (Å²) in [6.07, 6.45) is 3.26. The van der Waals surface area contributed by atoms with Crippen LogP contribution in [-0.4, -0.2) is 82.3 Å². The number of fused-ring (bicyclic) bond motifs is 1. The lowest BCUT2D eigenvalue weighted by molar-refractivity contribution is -0.141. The van der Waals surface area contributed by atoms with Gasteiger partial charge in [0.2, 0.25) is 11.8 Å². The van der Waals surface area contributed by atoms with E-state index in [0.29, 0.717) is 38.1 Å². The molecule has 14 heteroatoms. The molecule has 0 bridgehead atoms. The van der Waals surface area contributed by atoms with Gasteiger partial charge in [0, 0.05) is 25.3 Å². The standard InChI is InChI=1S/C33H45N5O9/c34-19-20-8-12-23(13-9-20)29(41)36-27(18-21-10-11-22-5-1-2-6-24(22)17-21)30(42)35-16-4-3-7-25(31(43)44)37-33(47)38-26(32(45)46)14-15-28(39)40/h1-2,5-6,10-11,17,20,23,25-27H,3-4,7-9,12-16,18-19,34H2,(H,35,42)(H,36,41)(H,39,40)(H,43,44)(H,45,46)(H2,37,38,47)/t20?,23?,25-,26+,27-/m0/s1. The monoisotopic (exact) mass is 655 g/mol. The lowest BCUT2D eigenvalue weighted by Gasteiger charge is -2.28. The Morgan fingerprint density at radius 2 is 1.40 bits per heavy atom. The third-order valence-corrected chi connectivity index (χ3v) is 8.51. The summed E-state index contributed by atoms with van der Waals surface area (Å²) in [6.45, 7) is 0.789. The van der Waals surface area contributed by atoms with Gasteiger partial charge in [-0.15, -0.1) is 0 Å². The number of unbranched alkanes of at least 4 members (excludes halogenated alkanes) is 1. The molecule has 0 unspecified atom stereocenters. The summed E-state index contributed by atoms with van der Waals surface area (Å²) in [4.78, 5) is 72.5. The van der Waals surface area contributed by atoms with Crippen molar-refractivity contribution in [2.45, 2.75) is 82.3 Å². The highest BCUT2D eigenvalue weighted by molar-refractivity contribution is 5.89. The molecule has 4 amide bonds. The second-order valence-electron chi connectivity index (χ2n) is 12.0. The number of carboxylic acids is 3. The number of nitrogens with one attached hydrogen (secondary N) is 4. The third kappa shape index (κ3) is 12.2. The number of rotatable bonds is 18. The van der Waals surface area contributed by atoms with Gasteiger partial charge in [-0.2, -0.15) is 0 Å². The summed E-state index contributed by atoms with van der Waals surface area (Å²) in [6, 6.07) is 9.04. The van der Waals surface area contributed by atoms with Crippen molar-refractivity contribution in [2.75, 3.05) is 13.1 Å². The average Bonchev–Trinajstić information content (AvgIpc) is 3.05. The largest absolute Gasteiger partial charge is 0.481 e. The van der Waals surface area contributed by atoms with Crippen molar-refractivity contribution < 1.29 is 44.1 Å². The number of urea groups is 1. The van der Waals surface area contributed by atoms with E-state index in [-0.39, 0.29) is 43.5 Å². The van der Waals surface area contributed by atoms with Crippen molar-refractivity contribution >= 4 is 46.5 Å². The average molecular weight is 656 g/mol. The van der Waals surface area contributed by atoms with E-state index in [1.54, 1.807) is 0 Å². The zero-order chi connectivity index (χ0) is 34.3. The first kappa shape index (κ1) is 36.7. The van der Waals surface area contributed by atoms with E-state index < -0.39 is 48.5 Å². The van der Waals surface area contributed by atoms with E-state index in [1.165, 1.54) is 0 Å². The molecule has 0 spiro atoms. The summed E-state index contributed by atoms with van der Waals surface area (Å²) < 4.78 is 0. The van der Waals surface area contributed by atoms with E-state index in [1.807, 2.05) is 42.5 Å². The number of hydrogen-bond donors (Lipinski definition) is 8. The van der Waals surface area contributed by atoms with Crippen LogP contribution in [0.25, 0.3) is 10.8 Å². The molecule has 2 aromatic rings. The van der Waals surface area contributed by atoms with Crippen LogP contribution in [0.1, 0.15) is 63.4 Å². The van der Waals surface area contributed by atoms with Crippen LogP contribution >= 0.6 is 0 Å². The summed E-state index contributed by atoms with van der Waals surface area (Å²) in [5, 5.41) is 39.7. The summed E-state index contributed by atoms with van der Waals surface area (Å²) in [7, 11) is 0. The first-order chi connectivity index (χ1) is 22.5.